The van der Waals surface area contributed by atoms with Gasteiger partial charge in [-0.2, -0.15) is 0 Å². The summed E-state index contributed by atoms with van der Waals surface area (Å²) in [6, 6.07) is 12.9. The molecule has 3 unspecified atom stereocenters. The van der Waals surface area contributed by atoms with E-state index >= 15 is 0 Å². The van der Waals surface area contributed by atoms with Gasteiger partial charge in [-0.25, -0.2) is 0 Å². The predicted octanol–water partition coefficient (Wildman–Crippen LogP) is 7.19. The van der Waals surface area contributed by atoms with Gasteiger partial charge in [-0.1, -0.05) is 51.5 Å². The molecule has 0 aliphatic heterocycles. The monoisotopic (exact) mass is 726 g/mol. The van der Waals surface area contributed by atoms with Gasteiger partial charge in [-0.15, -0.1) is 48.0 Å². The minimum absolute atomic E-state index is 0. The Balaban J connectivity index is 0.00000121. The average Bonchev–Trinajstić information content (AvgIpc) is 2.61. The van der Waals surface area contributed by atoms with Crippen LogP contribution in [-0.4, -0.2) is 9.97 Å². The van der Waals surface area contributed by atoms with Crippen molar-refractivity contribution in [2.24, 2.45) is 17.8 Å². The fourth-order valence-corrected chi connectivity index (χ4v) is 4.49. The number of fused-ring (bicyclic) bond motifs is 3. The largest absolute Gasteiger partial charge is 0.254 e. The first kappa shape index (κ1) is 25.9. The van der Waals surface area contributed by atoms with Crippen LogP contribution in [0.3, 0.4) is 0 Å². The normalized spacial score (nSPS) is 22.0. The van der Waals surface area contributed by atoms with Crippen molar-refractivity contribution in [1.82, 2.24) is 9.97 Å². The van der Waals surface area contributed by atoms with E-state index in [-0.39, 0.29) is 88.3 Å². The van der Waals surface area contributed by atoms with Gasteiger partial charge in [0, 0.05) is 69.0 Å². The third-order valence-electron chi connectivity index (χ3n) is 5.86. The fourth-order valence-electron chi connectivity index (χ4n) is 4.49. The summed E-state index contributed by atoms with van der Waals surface area (Å²) in [6.45, 7) is 7.12. The second-order valence-corrected chi connectivity index (χ2v) is 7.88. The maximum atomic E-state index is 5.13. The van der Waals surface area contributed by atoms with Crippen LogP contribution >= 0.6 is 48.0 Å². The molecule has 0 bridgehead atoms. The van der Waals surface area contributed by atoms with Crippen LogP contribution in [0.25, 0.3) is 21.8 Å². The Morgan fingerprint density at radius 1 is 0.926 bits per heavy atom. The third-order valence-corrected chi connectivity index (χ3v) is 5.86. The maximum absolute atomic E-state index is 5.13. The predicted molar refractivity (Wildman–Crippen MR) is 132 cm³/mol. The molecule has 5 heteroatoms. The molecule has 3 aromatic rings. The topological polar surface area (TPSA) is 25.8 Å². The molecule has 146 valence electrons. The minimum Gasteiger partial charge on any atom is -0.254 e. The second-order valence-electron chi connectivity index (χ2n) is 7.88. The SMILES string of the molecule is CC1CCC(C(C)C)C(c2ccc3ccc4cccnc4c3n2)C1.I.I.[Sm]. The zero-order valence-corrected chi connectivity index (χ0v) is 23.4. The van der Waals surface area contributed by atoms with E-state index in [0.29, 0.717) is 11.8 Å². The quantitative estimate of drug-likeness (QED) is 0.207. The summed E-state index contributed by atoms with van der Waals surface area (Å²) >= 11 is 0. The molecule has 2 nitrogen and oxygen atoms in total. The number of pyridine rings is 2. The van der Waals surface area contributed by atoms with Crippen LogP contribution in [0.1, 0.15) is 51.6 Å². The molecule has 1 aliphatic carbocycles. The molecule has 3 atom stereocenters. The standard InChI is InChI=1S/C22H26N2.2HI.Sm/c1-14(2)18-10-6-15(3)13-19(18)20-11-9-17-8-7-16-5-4-12-23-21(16)22(17)24-20;;;/h4-5,7-9,11-12,14-15,18-19H,6,10,13H2,1-3H3;2*1H;. The van der Waals surface area contributed by atoms with Crippen LogP contribution in [0.5, 0.6) is 0 Å². The van der Waals surface area contributed by atoms with Crippen molar-refractivity contribution < 1.29 is 40.4 Å². The van der Waals surface area contributed by atoms with Crippen molar-refractivity contribution in [3.63, 3.8) is 0 Å². The fraction of sp³-hybridized carbons (Fsp3) is 0.455. The summed E-state index contributed by atoms with van der Waals surface area (Å²) in [5.41, 5.74) is 3.36. The molecule has 1 aromatic carbocycles. The molecule has 0 N–H and O–H groups in total. The summed E-state index contributed by atoms with van der Waals surface area (Å²) in [7, 11) is 0. The van der Waals surface area contributed by atoms with Gasteiger partial charge < -0.3 is 0 Å². The molecule has 1 saturated carbocycles. The van der Waals surface area contributed by atoms with E-state index in [2.05, 4.69) is 56.1 Å². The van der Waals surface area contributed by atoms with Crippen LogP contribution in [0.15, 0.2) is 42.6 Å². The molecule has 2 heterocycles. The first-order valence-electron chi connectivity index (χ1n) is 9.28. The molecular weight excluding hydrogens is 696 g/mol. The van der Waals surface area contributed by atoms with E-state index in [9.17, 15) is 0 Å². The molecule has 0 saturated heterocycles. The first-order valence-corrected chi connectivity index (χ1v) is 9.28. The molecule has 1 aliphatic rings. The van der Waals surface area contributed by atoms with E-state index in [1.54, 1.807) is 0 Å². The van der Waals surface area contributed by atoms with Gasteiger partial charge in [0.05, 0.1) is 11.0 Å². The van der Waals surface area contributed by atoms with Crippen molar-refractivity contribution in [3.05, 3.63) is 48.3 Å². The van der Waals surface area contributed by atoms with Crippen LogP contribution in [-0.2, 0) is 0 Å². The number of hydrogen-bond donors (Lipinski definition) is 0. The summed E-state index contributed by atoms with van der Waals surface area (Å²) in [5, 5.41) is 2.36. The molecule has 0 spiro atoms. The van der Waals surface area contributed by atoms with Gasteiger partial charge in [-0.3, -0.25) is 9.97 Å². The Bertz CT molecular complexity index is 884. The number of aromatic nitrogens is 2. The number of rotatable bonds is 2. The van der Waals surface area contributed by atoms with E-state index in [4.69, 9.17) is 4.98 Å². The van der Waals surface area contributed by atoms with Crippen molar-refractivity contribution in [2.75, 3.05) is 0 Å². The van der Waals surface area contributed by atoms with Gasteiger partial charge in [-0.05, 0) is 42.7 Å². The minimum atomic E-state index is 0. The van der Waals surface area contributed by atoms with Gasteiger partial charge in [0.15, 0.2) is 0 Å². The molecule has 4 rings (SSSR count). The van der Waals surface area contributed by atoms with Crippen LogP contribution in [0.2, 0.25) is 0 Å². The Hall–Kier alpha value is 0.838. The first-order chi connectivity index (χ1) is 11.6. The number of hydrogen-bond acceptors (Lipinski definition) is 2. The zero-order valence-electron chi connectivity index (χ0n) is 16.1. The molecule has 2 aromatic heterocycles. The molecule has 0 radical (unpaired) electrons. The van der Waals surface area contributed by atoms with Crippen molar-refractivity contribution in [3.8, 4) is 0 Å². The van der Waals surface area contributed by atoms with Crippen LogP contribution in [0, 0.1) is 58.1 Å². The van der Waals surface area contributed by atoms with Gasteiger partial charge in [0.1, 0.15) is 0 Å². The molecule has 0 amide bonds. The summed E-state index contributed by atoms with van der Waals surface area (Å²) in [6.07, 6.45) is 5.82. The third kappa shape index (κ3) is 5.51. The summed E-state index contributed by atoms with van der Waals surface area (Å²) in [5.74, 6) is 2.84. The van der Waals surface area contributed by atoms with Gasteiger partial charge in [0.25, 0.3) is 0 Å². The Morgan fingerprint density at radius 3 is 2.30 bits per heavy atom. The molecule has 27 heavy (non-hydrogen) atoms. The molecule has 1 fully saturated rings. The molecular formula is C22H28I2N2Sm. The Morgan fingerprint density at radius 2 is 1.59 bits per heavy atom. The van der Waals surface area contributed by atoms with Gasteiger partial charge in [0.2, 0.25) is 0 Å². The summed E-state index contributed by atoms with van der Waals surface area (Å²) < 4.78 is 0. The number of nitrogens with zero attached hydrogens (tertiary/aromatic N) is 2. The van der Waals surface area contributed by atoms with Crippen molar-refractivity contribution >= 4 is 69.8 Å². The zero-order chi connectivity index (χ0) is 16.7. The van der Waals surface area contributed by atoms with Crippen LogP contribution in [0.4, 0.5) is 0 Å². The number of halogens is 2. The smallest absolute Gasteiger partial charge is 0.0967 e. The average molecular weight is 725 g/mol. The maximum Gasteiger partial charge on any atom is 0.0967 e. The summed E-state index contributed by atoms with van der Waals surface area (Å²) in [4.78, 5) is 9.73. The van der Waals surface area contributed by atoms with Crippen molar-refractivity contribution in [1.29, 1.82) is 0 Å². The Kier molecular flexibility index (Phi) is 10.8. The second kappa shape index (κ2) is 11.3. The van der Waals surface area contributed by atoms with E-state index in [1.165, 1.54) is 35.7 Å². The van der Waals surface area contributed by atoms with Crippen molar-refractivity contribution in [2.45, 2.75) is 46.0 Å². The Labute approximate surface area is 229 Å². The van der Waals surface area contributed by atoms with E-state index in [1.807, 2.05) is 12.3 Å². The van der Waals surface area contributed by atoms with E-state index < -0.39 is 0 Å². The van der Waals surface area contributed by atoms with Gasteiger partial charge >= 0.3 is 0 Å². The number of benzene rings is 1. The van der Waals surface area contributed by atoms with Crippen LogP contribution < -0.4 is 0 Å². The van der Waals surface area contributed by atoms with E-state index in [0.717, 1.165) is 22.9 Å².